The lowest BCUT2D eigenvalue weighted by Gasteiger charge is -2.18. The lowest BCUT2D eigenvalue weighted by atomic mass is 10.1. The molecule has 0 aliphatic carbocycles. The SMILES string of the molecule is Cc1nc(-c2ccc(Cl)c(Cl)c2)n(CC(=O)c2ccc3c(c2)NC(=O)CO3)n1. The molecule has 0 saturated carbocycles. The first-order valence-electron chi connectivity index (χ1n) is 8.37. The number of aromatic nitrogens is 3. The number of carbonyl (C=O) groups excluding carboxylic acids is 2. The van der Waals surface area contributed by atoms with Crippen LogP contribution in [0.15, 0.2) is 36.4 Å². The van der Waals surface area contributed by atoms with E-state index in [1.807, 2.05) is 0 Å². The summed E-state index contributed by atoms with van der Waals surface area (Å²) in [5, 5.41) is 7.84. The minimum Gasteiger partial charge on any atom is -0.482 e. The highest BCUT2D eigenvalue weighted by molar-refractivity contribution is 6.42. The third kappa shape index (κ3) is 3.58. The maximum absolute atomic E-state index is 12.8. The Morgan fingerprint density at radius 2 is 2.04 bits per heavy atom. The largest absolute Gasteiger partial charge is 0.482 e. The Balaban J connectivity index is 1.63. The molecular weight excluding hydrogens is 403 g/mol. The van der Waals surface area contributed by atoms with Gasteiger partial charge in [0.05, 0.1) is 15.7 Å². The molecule has 0 spiro atoms. The Morgan fingerprint density at radius 3 is 2.82 bits per heavy atom. The molecule has 0 bridgehead atoms. The van der Waals surface area contributed by atoms with E-state index in [0.717, 1.165) is 0 Å². The number of carbonyl (C=O) groups is 2. The van der Waals surface area contributed by atoms with Gasteiger partial charge in [-0.2, -0.15) is 5.10 Å². The quantitative estimate of drug-likeness (QED) is 0.654. The molecule has 9 heteroatoms. The molecule has 4 rings (SSSR count). The zero-order chi connectivity index (χ0) is 19.8. The van der Waals surface area contributed by atoms with Crippen molar-refractivity contribution in [2.75, 3.05) is 11.9 Å². The molecule has 1 aliphatic rings. The normalized spacial score (nSPS) is 12.9. The van der Waals surface area contributed by atoms with Crippen LogP contribution in [-0.4, -0.2) is 33.1 Å². The predicted molar refractivity (Wildman–Crippen MR) is 105 cm³/mol. The van der Waals surface area contributed by atoms with Crippen LogP contribution in [0.3, 0.4) is 0 Å². The van der Waals surface area contributed by atoms with Gasteiger partial charge < -0.3 is 10.1 Å². The van der Waals surface area contributed by atoms with Gasteiger partial charge in [-0.3, -0.25) is 9.59 Å². The van der Waals surface area contributed by atoms with Gasteiger partial charge in [-0.15, -0.1) is 0 Å². The molecule has 0 atom stereocenters. The minimum atomic E-state index is -0.258. The number of ether oxygens (including phenoxy) is 1. The molecule has 0 saturated heterocycles. The summed E-state index contributed by atoms with van der Waals surface area (Å²) in [4.78, 5) is 28.7. The maximum Gasteiger partial charge on any atom is 0.262 e. The average Bonchev–Trinajstić information content (AvgIpc) is 3.03. The van der Waals surface area contributed by atoms with E-state index in [2.05, 4.69) is 15.4 Å². The first-order chi connectivity index (χ1) is 13.4. The van der Waals surface area contributed by atoms with E-state index in [1.54, 1.807) is 43.3 Å². The van der Waals surface area contributed by atoms with Crippen LogP contribution in [0.5, 0.6) is 5.75 Å². The fraction of sp³-hybridized carbons (Fsp3) is 0.158. The number of nitrogens with one attached hydrogen (secondary N) is 1. The summed E-state index contributed by atoms with van der Waals surface area (Å²) < 4.78 is 6.84. The first-order valence-corrected chi connectivity index (χ1v) is 9.13. The fourth-order valence-corrected chi connectivity index (χ4v) is 3.20. The van der Waals surface area contributed by atoms with Crippen molar-refractivity contribution >= 4 is 40.6 Å². The summed E-state index contributed by atoms with van der Waals surface area (Å²) >= 11 is 12.1. The number of hydrogen-bond acceptors (Lipinski definition) is 5. The molecule has 7 nitrogen and oxygen atoms in total. The molecule has 3 aromatic rings. The van der Waals surface area contributed by atoms with Crippen LogP contribution in [0, 0.1) is 6.92 Å². The van der Waals surface area contributed by atoms with Gasteiger partial charge in [-0.05, 0) is 43.3 Å². The number of aryl methyl sites for hydroxylation is 1. The second-order valence-electron chi connectivity index (χ2n) is 6.24. The van der Waals surface area contributed by atoms with Crippen molar-refractivity contribution in [2.45, 2.75) is 13.5 Å². The summed E-state index contributed by atoms with van der Waals surface area (Å²) in [5.41, 5.74) is 1.60. The standard InChI is InChI=1S/C19H14Cl2N4O3/c1-10-22-19(12-2-4-13(20)14(21)6-12)25(24-10)8-16(26)11-3-5-17-15(7-11)23-18(27)9-28-17/h2-7H,8-9H2,1H3,(H,23,27). The van der Waals surface area contributed by atoms with E-state index in [9.17, 15) is 9.59 Å². The highest BCUT2D eigenvalue weighted by atomic mass is 35.5. The van der Waals surface area contributed by atoms with Gasteiger partial charge in [-0.25, -0.2) is 9.67 Å². The van der Waals surface area contributed by atoms with Gasteiger partial charge in [0.25, 0.3) is 5.91 Å². The molecule has 142 valence electrons. The van der Waals surface area contributed by atoms with Crippen LogP contribution in [0.1, 0.15) is 16.2 Å². The second-order valence-corrected chi connectivity index (χ2v) is 7.05. The summed E-state index contributed by atoms with van der Waals surface area (Å²) in [5.74, 6) is 1.13. The van der Waals surface area contributed by atoms with Crippen LogP contribution in [0.4, 0.5) is 5.69 Å². The number of anilines is 1. The molecule has 1 aliphatic heterocycles. The Hall–Kier alpha value is -2.90. The Labute approximate surface area is 170 Å². The monoisotopic (exact) mass is 416 g/mol. The topological polar surface area (TPSA) is 86.1 Å². The van der Waals surface area contributed by atoms with Gasteiger partial charge in [0.2, 0.25) is 0 Å². The summed E-state index contributed by atoms with van der Waals surface area (Å²) in [6.45, 7) is 1.68. The summed E-state index contributed by atoms with van der Waals surface area (Å²) in [6, 6.07) is 10.0. The van der Waals surface area contributed by atoms with Gasteiger partial charge in [0.15, 0.2) is 18.2 Å². The zero-order valence-corrected chi connectivity index (χ0v) is 16.2. The van der Waals surface area contributed by atoms with Crippen LogP contribution >= 0.6 is 23.2 Å². The molecular formula is C19H14Cl2N4O3. The zero-order valence-electron chi connectivity index (χ0n) is 14.7. The van der Waals surface area contributed by atoms with E-state index < -0.39 is 0 Å². The molecule has 1 aromatic heterocycles. The van der Waals surface area contributed by atoms with Crippen molar-refractivity contribution in [3.05, 3.63) is 57.8 Å². The van der Waals surface area contributed by atoms with E-state index in [1.165, 1.54) is 4.68 Å². The number of fused-ring (bicyclic) bond motifs is 1. The number of benzene rings is 2. The highest BCUT2D eigenvalue weighted by Gasteiger charge is 2.20. The van der Waals surface area contributed by atoms with Gasteiger partial charge in [0, 0.05) is 11.1 Å². The molecule has 2 aromatic carbocycles. The minimum absolute atomic E-state index is 0.0238. The van der Waals surface area contributed by atoms with Crippen LogP contribution < -0.4 is 10.1 Å². The van der Waals surface area contributed by atoms with E-state index in [0.29, 0.717) is 44.3 Å². The fourth-order valence-electron chi connectivity index (χ4n) is 2.90. The van der Waals surface area contributed by atoms with E-state index >= 15 is 0 Å². The molecule has 0 radical (unpaired) electrons. The number of Topliss-reactive ketones (excluding diaryl/α,β-unsaturated/α-hetero) is 1. The molecule has 0 fully saturated rings. The third-order valence-electron chi connectivity index (χ3n) is 4.18. The summed E-state index contributed by atoms with van der Waals surface area (Å²) in [6.07, 6.45) is 0. The maximum atomic E-state index is 12.8. The van der Waals surface area contributed by atoms with Crippen LogP contribution in [0.25, 0.3) is 11.4 Å². The number of nitrogens with zero attached hydrogens (tertiary/aromatic N) is 3. The summed E-state index contributed by atoms with van der Waals surface area (Å²) in [7, 11) is 0. The second kappa shape index (κ2) is 7.26. The molecule has 1 N–H and O–H groups in total. The Morgan fingerprint density at radius 1 is 1.21 bits per heavy atom. The van der Waals surface area contributed by atoms with Gasteiger partial charge in [0.1, 0.15) is 18.1 Å². The third-order valence-corrected chi connectivity index (χ3v) is 4.92. The Bertz CT molecular complexity index is 1110. The van der Waals surface area contributed by atoms with Crippen molar-refractivity contribution in [3.8, 4) is 17.1 Å². The lowest BCUT2D eigenvalue weighted by molar-refractivity contribution is -0.118. The van der Waals surface area contributed by atoms with E-state index in [-0.39, 0.29) is 24.8 Å². The average molecular weight is 417 g/mol. The molecule has 28 heavy (non-hydrogen) atoms. The van der Waals surface area contributed by atoms with Crippen LogP contribution in [0.2, 0.25) is 10.0 Å². The van der Waals surface area contributed by atoms with Crippen molar-refractivity contribution < 1.29 is 14.3 Å². The van der Waals surface area contributed by atoms with Gasteiger partial charge >= 0.3 is 0 Å². The molecule has 0 unspecified atom stereocenters. The number of hydrogen-bond donors (Lipinski definition) is 1. The van der Waals surface area contributed by atoms with Crippen molar-refractivity contribution in [3.63, 3.8) is 0 Å². The highest BCUT2D eigenvalue weighted by Crippen LogP contribution is 2.30. The predicted octanol–water partition coefficient (Wildman–Crippen LogP) is 3.77. The molecule has 1 amide bonds. The van der Waals surface area contributed by atoms with E-state index in [4.69, 9.17) is 27.9 Å². The first kappa shape index (κ1) is 18.5. The number of halogens is 2. The van der Waals surface area contributed by atoms with Gasteiger partial charge in [-0.1, -0.05) is 23.2 Å². The molecule has 2 heterocycles. The van der Waals surface area contributed by atoms with Crippen molar-refractivity contribution in [2.24, 2.45) is 0 Å². The van der Waals surface area contributed by atoms with Crippen LogP contribution in [-0.2, 0) is 11.3 Å². The van der Waals surface area contributed by atoms with Crippen molar-refractivity contribution in [1.82, 2.24) is 14.8 Å². The Kier molecular flexibility index (Phi) is 4.78. The smallest absolute Gasteiger partial charge is 0.262 e. The number of rotatable bonds is 4. The lowest BCUT2D eigenvalue weighted by Crippen LogP contribution is -2.25. The number of amides is 1. The number of ketones is 1. The van der Waals surface area contributed by atoms with Crippen molar-refractivity contribution in [1.29, 1.82) is 0 Å².